The third-order valence-corrected chi connectivity index (χ3v) is 17.6. The van der Waals surface area contributed by atoms with Crippen LogP contribution in [0.4, 0.5) is 18.0 Å². The molecule has 0 spiro atoms. The molecule has 454 valence electrons. The Bertz CT molecular complexity index is 2930. The van der Waals surface area contributed by atoms with E-state index >= 15 is 0 Å². The van der Waals surface area contributed by atoms with Crippen molar-refractivity contribution >= 4 is 54.9 Å². The third-order valence-electron chi connectivity index (χ3n) is 13.9. The van der Waals surface area contributed by atoms with Crippen molar-refractivity contribution in [1.29, 1.82) is 0 Å². The number of carbonyl (C=O) groups excluding carboxylic acids is 2. The largest absolute Gasteiger partial charge is 0.573 e. The van der Waals surface area contributed by atoms with E-state index in [-0.39, 0.29) is 122 Å². The Morgan fingerprint density at radius 1 is 0.598 bits per heavy atom. The van der Waals surface area contributed by atoms with Crippen molar-refractivity contribution in [3.63, 3.8) is 0 Å². The fraction of sp³-hybridized carbons (Fsp3) is 0.544. The van der Waals surface area contributed by atoms with Gasteiger partial charge in [-0.3, -0.25) is 4.79 Å². The monoisotopic (exact) mass is 1230 g/mol. The molecular weight excluding hydrogens is 1150 g/mol. The lowest BCUT2D eigenvalue weighted by atomic mass is 10.0. The molecule has 4 atom stereocenters. The van der Waals surface area contributed by atoms with Gasteiger partial charge in [-0.1, -0.05) is 29.6 Å². The van der Waals surface area contributed by atoms with E-state index in [9.17, 15) is 39.6 Å². The number of carbonyl (C=O) groups is 2. The average Bonchev–Trinajstić information content (AvgIpc) is 3.99. The number of fused-ring (bicyclic) bond motifs is 2. The van der Waals surface area contributed by atoms with Crippen LogP contribution in [0.3, 0.4) is 0 Å². The van der Waals surface area contributed by atoms with Crippen molar-refractivity contribution in [1.82, 2.24) is 25.2 Å². The van der Waals surface area contributed by atoms with Crippen LogP contribution in [0.1, 0.15) is 85.0 Å². The number of nitrogens with one attached hydrogen (secondary N) is 3. The summed E-state index contributed by atoms with van der Waals surface area (Å²) in [4.78, 5) is 28.6. The number of alkyl halides is 3. The van der Waals surface area contributed by atoms with Crippen LogP contribution >= 0.6 is 23.2 Å². The van der Waals surface area contributed by atoms with Gasteiger partial charge < -0.3 is 53.6 Å². The number of unbranched alkanes of at least 4 members (excludes halogenated alkanes) is 2. The number of sulfonamides is 1. The van der Waals surface area contributed by atoms with Crippen LogP contribution in [0.5, 0.6) is 17.2 Å². The summed E-state index contributed by atoms with van der Waals surface area (Å²) < 4.78 is 133. The molecule has 0 bridgehead atoms. The Morgan fingerprint density at radius 3 is 1.68 bits per heavy atom. The van der Waals surface area contributed by atoms with E-state index in [2.05, 4.69) is 25.0 Å². The molecule has 2 aliphatic carbocycles. The molecule has 0 radical (unpaired) electrons. The molecule has 0 heterocycles. The van der Waals surface area contributed by atoms with E-state index in [1.165, 1.54) is 42.0 Å². The molecule has 0 saturated heterocycles. The molecule has 82 heavy (non-hydrogen) atoms. The van der Waals surface area contributed by atoms with Gasteiger partial charge in [-0.15, -0.1) is 13.2 Å². The van der Waals surface area contributed by atoms with Crippen molar-refractivity contribution in [2.75, 3.05) is 106 Å². The number of nitrogens with zero attached hydrogens (tertiary/aromatic N) is 2. The molecule has 3 N–H and O–H groups in total. The lowest BCUT2D eigenvalue weighted by molar-refractivity contribution is -0.274. The summed E-state index contributed by atoms with van der Waals surface area (Å²) in [6, 6.07) is 18.2. The van der Waals surface area contributed by atoms with Crippen LogP contribution < -0.4 is 29.6 Å². The van der Waals surface area contributed by atoms with E-state index in [0.29, 0.717) is 73.1 Å². The molecule has 4 aromatic rings. The van der Waals surface area contributed by atoms with E-state index in [1.54, 1.807) is 32.3 Å². The lowest BCUT2D eigenvalue weighted by Gasteiger charge is -2.27. The first-order valence-corrected chi connectivity index (χ1v) is 31.2. The summed E-state index contributed by atoms with van der Waals surface area (Å²) in [7, 11) is 0.170. The van der Waals surface area contributed by atoms with E-state index in [4.69, 9.17) is 51.6 Å². The van der Waals surface area contributed by atoms with Gasteiger partial charge in [0.2, 0.25) is 10.0 Å². The van der Waals surface area contributed by atoms with Gasteiger partial charge in [0, 0.05) is 66.9 Å². The third kappa shape index (κ3) is 20.8. The van der Waals surface area contributed by atoms with E-state index < -0.39 is 32.3 Å². The smallest absolute Gasteiger partial charge is 0.484 e. The number of urea groups is 1. The molecule has 2 amide bonds. The SMILES string of the molecule is Cc1cc(Cl)cc2c1C[C@H](N(C)C)[C@H]2Oc1ccc(S(=O)(=O)NCCOCCOCCCC(=O)CCCCCNC(=O)NCCOCCOCCCS(=O)(=O)c2ccc(O[C@H]3c4cc(Cl)cc(OC(F)(F)F)c4C[C@@H]3N(C)C)cc2)cc1. The minimum Gasteiger partial charge on any atom is -0.484 e. The lowest BCUT2D eigenvalue weighted by Crippen LogP contribution is -2.37. The second-order valence-electron chi connectivity index (χ2n) is 20.5. The highest BCUT2D eigenvalue weighted by atomic mass is 35.5. The topological polar surface area (TPSA) is 210 Å². The number of Topliss-reactive ketones (excluding diaryl/α,β-unsaturated/α-hetero) is 1. The second kappa shape index (κ2) is 31.9. The first-order valence-electron chi connectivity index (χ1n) is 27.3. The van der Waals surface area contributed by atoms with Gasteiger partial charge in [0.1, 0.15) is 35.2 Å². The highest BCUT2D eigenvalue weighted by Crippen LogP contribution is 2.45. The Kier molecular flexibility index (Phi) is 25.8. The van der Waals surface area contributed by atoms with Crippen molar-refractivity contribution in [2.45, 2.75) is 105 Å². The number of benzene rings is 4. The van der Waals surface area contributed by atoms with Crippen molar-refractivity contribution < 1.29 is 72.8 Å². The second-order valence-corrected chi connectivity index (χ2v) is 25.2. The Hall–Kier alpha value is -4.79. The molecule has 0 aromatic heterocycles. The van der Waals surface area contributed by atoms with Crippen LogP contribution in [-0.2, 0) is 56.4 Å². The summed E-state index contributed by atoms with van der Waals surface area (Å²) in [5, 5.41) is 6.21. The number of ether oxygens (including phenoxy) is 7. The standard InChI is InChI=1S/C57H76Cl2F3N5O13S2/c1-39-33-40(58)34-49-47(39)37-51(66(2)3)54(49)78-44-15-19-46(20-16-44)82(72,73)65-23-27-77-31-28-74-24-9-12-42(68)11-7-6-8-21-63-56(69)64-22-26-76-30-29-75-25-10-32-81(70,71)45-17-13-43(14-18-45)79-55-50-35-41(59)36-53(80-57(60,61)62)48(50)38-52(55)67(4)5/h13-20,33-36,51-52,54-55,65H,6-12,21-32,37-38H2,1-5H3,(H2,63,64,69)/t51-,52-,54-,55-/m0/s1. The number of hydrogen-bond acceptors (Lipinski definition) is 15. The number of likely N-dealkylation sites (N-methyl/N-ethyl adjacent to an activating group) is 2. The van der Waals surface area contributed by atoms with Crippen molar-refractivity contribution in [2.24, 2.45) is 0 Å². The summed E-state index contributed by atoms with van der Waals surface area (Å²) in [6.07, 6.45) is -0.910. The van der Waals surface area contributed by atoms with Crippen molar-refractivity contribution in [3.8, 4) is 17.2 Å². The van der Waals surface area contributed by atoms with Gasteiger partial charge in [0.25, 0.3) is 0 Å². The number of aryl methyl sites for hydroxylation is 1. The number of ketones is 1. The van der Waals surface area contributed by atoms with Gasteiger partial charge >= 0.3 is 12.4 Å². The zero-order valence-corrected chi connectivity index (χ0v) is 50.1. The summed E-state index contributed by atoms with van der Waals surface area (Å²) in [5.41, 5.74) is 4.18. The quantitative estimate of drug-likeness (QED) is 0.0364. The van der Waals surface area contributed by atoms with Gasteiger partial charge in [-0.05, 0) is 163 Å². The highest BCUT2D eigenvalue weighted by Gasteiger charge is 2.41. The first kappa shape index (κ1) is 66.4. The zero-order chi connectivity index (χ0) is 59.5. The molecule has 0 unspecified atom stereocenters. The van der Waals surface area contributed by atoms with E-state index in [0.717, 1.165) is 36.5 Å². The summed E-state index contributed by atoms with van der Waals surface area (Å²) in [6.45, 7) is 4.95. The predicted molar refractivity (Wildman–Crippen MR) is 306 cm³/mol. The molecule has 18 nitrogen and oxygen atoms in total. The average molecular weight is 1230 g/mol. The molecule has 0 saturated carbocycles. The molecule has 0 aliphatic heterocycles. The maximum Gasteiger partial charge on any atom is 0.573 e. The number of halogens is 5. The number of hydrogen-bond donors (Lipinski definition) is 3. The number of sulfone groups is 1. The Morgan fingerprint density at radius 2 is 1.10 bits per heavy atom. The van der Waals surface area contributed by atoms with Crippen LogP contribution in [0.25, 0.3) is 0 Å². The molecule has 6 rings (SSSR count). The predicted octanol–water partition coefficient (Wildman–Crippen LogP) is 8.83. The maximum atomic E-state index is 13.2. The number of rotatable bonds is 36. The van der Waals surface area contributed by atoms with Crippen LogP contribution in [0.15, 0.2) is 82.6 Å². The Labute approximate surface area is 489 Å². The molecule has 25 heteroatoms. The maximum absolute atomic E-state index is 13.2. The minimum atomic E-state index is -4.90. The highest BCUT2D eigenvalue weighted by molar-refractivity contribution is 7.91. The van der Waals surface area contributed by atoms with Gasteiger partial charge in [0.05, 0.1) is 67.3 Å². The fourth-order valence-corrected chi connectivity index (χ4v) is 12.5. The van der Waals surface area contributed by atoms with Crippen molar-refractivity contribution in [3.05, 3.63) is 111 Å². The zero-order valence-electron chi connectivity index (χ0n) is 47.0. The molecular formula is C57H76Cl2F3N5O13S2. The molecule has 4 aromatic carbocycles. The molecule has 2 aliphatic rings. The Balaban J connectivity index is 0.706. The first-order chi connectivity index (χ1) is 39.0. The summed E-state index contributed by atoms with van der Waals surface area (Å²) >= 11 is 12.6. The van der Waals surface area contributed by atoms with Crippen LogP contribution in [0, 0.1) is 6.92 Å². The van der Waals surface area contributed by atoms with Gasteiger partial charge in [-0.2, -0.15) is 0 Å². The normalized spacial score (nSPS) is 17.0. The number of amides is 2. The summed E-state index contributed by atoms with van der Waals surface area (Å²) in [5.74, 6) is 0.491. The van der Waals surface area contributed by atoms with Crippen LogP contribution in [0.2, 0.25) is 10.0 Å². The van der Waals surface area contributed by atoms with Crippen LogP contribution in [-0.4, -0.2) is 163 Å². The van der Waals surface area contributed by atoms with Gasteiger partial charge in [0.15, 0.2) is 9.84 Å². The van der Waals surface area contributed by atoms with Gasteiger partial charge in [-0.25, -0.2) is 26.4 Å². The molecule has 0 fully saturated rings. The minimum absolute atomic E-state index is 0.0614. The fourth-order valence-electron chi connectivity index (χ4n) is 9.67. The van der Waals surface area contributed by atoms with E-state index in [1.807, 2.05) is 38.1 Å².